The highest BCUT2D eigenvalue weighted by Crippen LogP contribution is 2.29. The summed E-state index contributed by atoms with van der Waals surface area (Å²) in [6.07, 6.45) is -0.0442. The summed E-state index contributed by atoms with van der Waals surface area (Å²) >= 11 is 1.06. The molecule has 0 N–H and O–H groups in total. The molecule has 0 radical (unpaired) electrons. The van der Waals surface area contributed by atoms with Crippen molar-refractivity contribution in [2.45, 2.75) is 26.0 Å². The average molecular weight is 338 g/mol. The van der Waals surface area contributed by atoms with Gasteiger partial charge >= 0.3 is 0 Å². The Hall–Kier alpha value is -1.86. The molecular weight excluding hydrogens is 322 g/mol. The van der Waals surface area contributed by atoms with Crippen molar-refractivity contribution in [1.82, 2.24) is 9.88 Å². The summed E-state index contributed by atoms with van der Waals surface area (Å²) in [6, 6.07) is 3.58. The third-order valence-electron chi connectivity index (χ3n) is 3.77. The van der Waals surface area contributed by atoms with E-state index in [2.05, 4.69) is 4.98 Å². The van der Waals surface area contributed by atoms with Crippen LogP contribution in [0.5, 0.6) is 0 Å². The molecule has 1 aromatic heterocycles. The first-order valence-electron chi connectivity index (χ1n) is 7.30. The van der Waals surface area contributed by atoms with Gasteiger partial charge < -0.3 is 9.64 Å². The molecule has 1 saturated heterocycles. The van der Waals surface area contributed by atoms with E-state index in [1.165, 1.54) is 23.6 Å². The SMILES string of the molecule is CC1CN(C(=O)c2csc(-c3c(F)cccc3F)n2)C(C)CO1. The third-order valence-corrected chi connectivity index (χ3v) is 4.63. The molecule has 0 saturated carbocycles. The highest BCUT2D eigenvalue weighted by Gasteiger charge is 2.30. The molecule has 7 heteroatoms. The molecule has 2 heterocycles. The van der Waals surface area contributed by atoms with Gasteiger partial charge in [0.15, 0.2) is 0 Å². The number of morpholine rings is 1. The summed E-state index contributed by atoms with van der Waals surface area (Å²) < 4.78 is 33.2. The lowest BCUT2D eigenvalue weighted by molar-refractivity contribution is -0.0388. The van der Waals surface area contributed by atoms with E-state index in [0.29, 0.717) is 13.2 Å². The maximum Gasteiger partial charge on any atom is 0.273 e. The smallest absolute Gasteiger partial charge is 0.273 e. The van der Waals surface area contributed by atoms with E-state index in [0.717, 1.165) is 11.3 Å². The second kappa shape index (κ2) is 6.33. The van der Waals surface area contributed by atoms with E-state index in [4.69, 9.17) is 4.74 Å². The van der Waals surface area contributed by atoms with Gasteiger partial charge in [0.2, 0.25) is 0 Å². The van der Waals surface area contributed by atoms with Crippen molar-refractivity contribution in [3.05, 3.63) is 40.9 Å². The van der Waals surface area contributed by atoms with E-state index in [9.17, 15) is 13.6 Å². The Morgan fingerprint density at radius 1 is 1.35 bits per heavy atom. The first-order chi connectivity index (χ1) is 11.0. The molecule has 0 bridgehead atoms. The largest absolute Gasteiger partial charge is 0.375 e. The average Bonchev–Trinajstić information content (AvgIpc) is 2.98. The van der Waals surface area contributed by atoms with E-state index >= 15 is 0 Å². The first-order valence-corrected chi connectivity index (χ1v) is 8.18. The van der Waals surface area contributed by atoms with Gasteiger partial charge in [0, 0.05) is 11.9 Å². The number of ether oxygens (including phenoxy) is 1. The molecule has 0 aliphatic carbocycles. The third kappa shape index (κ3) is 3.11. The number of thiazole rings is 1. The predicted molar refractivity (Wildman–Crippen MR) is 83.4 cm³/mol. The van der Waals surface area contributed by atoms with Crippen LogP contribution in [0.15, 0.2) is 23.6 Å². The lowest BCUT2D eigenvalue weighted by Gasteiger charge is -2.36. The van der Waals surface area contributed by atoms with Crippen molar-refractivity contribution >= 4 is 17.2 Å². The van der Waals surface area contributed by atoms with Crippen molar-refractivity contribution in [2.24, 2.45) is 0 Å². The molecule has 1 aliphatic rings. The quantitative estimate of drug-likeness (QED) is 0.843. The van der Waals surface area contributed by atoms with Gasteiger partial charge in [0.25, 0.3) is 5.91 Å². The van der Waals surface area contributed by atoms with Crippen LogP contribution in [0.3, 0.4) is 0 Å². The number of nitrogens with zero attached hydrogens (tertiary/aromatic N) is 2. The van der Waals surface area contributed by atoms with Crippen molar-refractivity contribution < 1.29 is 18.3 Å². The van der Waals surface area contributed by atoms with Crippen LogP contribution in [-0.4, -0.2) is 41.1 Å². The number of carbonyl (C=O) groups is 1. The van der Waals surface area contributed by atoms with Gasteiger partial charge in [-0.05, 0) is 26.0 Å². The zero-order valence-electron chi connectivity index (χ0n) is 12.8. The fraction of sp³-hybridized carbons (Fsp3) is 0.375. The van der Waals surface area contributed by atoms with Crippen LogP contribution in [-0.2, 0) is 4.74 Å². The minimum atomic E-state index is -0.688. The van der Waals surface area contributed by atoms with Crippen LogP contribution >= 0.6 is 11.3 Å². The Morgan fingerprint density at radius 2 is 2.04 bits per heavy atom. The van der Waals surface area contributed by atoms with Crippen LogP contribution in [0.25, 0.3) is 10.6 Å². The molecule has 1 aliphatic heterocycles. The van der Waals surface area contributed by atoms with Crippen LogP contribution < -0.4 is 0 Å². The highest BCUT2D eigenvalue weighted by atomic mass is 32.1. The summed E-state index contributed by atoms with van der Waals surface area (Å²) in [5, 5.41) is 1.70. The highest BCUT2D eigenvalue weighted by molar-refractivity contribution is 7.13. The number of aromatic nitrogens is 1. The van der Waals surface area contributed by atoms with E-state index in [1.54, 1.807) is 4.90 Å². The molecule has 1 amide bonds. The minimum absolute atomic E-state index is 0.0442. The van der Waals surface area contributed by atoms with Crippen LogP contribution in [0.4, 0.5) is 8.78 Å². The lowest BCUT2D eigenvalue weighted by atomic mass is 10.2. The summed E-state index contributed by atoms with van der Waals surface area (Å²) in [7, 11) is 0. The van der Waals surface area contributed by atoms with Gasteiger partial charge in [-0.25, -0.2) is 13.8 Å². The van der Waals surface area contributed by atoms with E-state index in [1.807, 2.05) is 13.8 Å². The van der Waals surface area contributed by atoms with E-state index in [-0.39, 0.29) is 34.3 Å². The molecule has 0 spiro atoms. The Kier molecular flexibility index (Phi) is 4.41. The number of halogens is 2. The second-order valence-electron chi connectivity index (χ2n) is 5.59. The number of hydrogen-bond acceptors (Lipinski definition) is 4. The Morgan fingerprint density at radius 3 is 2.74 bits per heavy atom. The minimum Gasteiger partial charge on any atom is -0.375 e. The first kappa shape index (κ1) is 16.0. The van der Waals surface area contributed by atoms with Gasteiger partial charge in [-0.3, -0.25) is 4.79 Å². The molecule has 2 atom stereocenters. The number of benzene rings is 1. The summed E-state index contributed by atoms with van der Waals surface area (Å²) in [6.45, 7) is 4.73. The van der Waals surface area contributed by atoms with Crippen LogP contribution in [0.1, 0.15) is 24.3 Å². The predicted octanol–water partition coefficient (Wildman–Crippen LogP) is 3.34. The fourth-order valence-corrected chi connectivity index (χ4v) is 3.36. The van der Waals surface area contributed by atoms with Crippen molar-refractivity contribution in [3.63, 3.8) is 0 Å². The second-order valence-corrected chi connectivity index (χ2v) is 6.44. The molecule has 3 rings (SSSR count). The van der Waals surface area contributed by atoms with Crippen molar-refractivity contribution in [3.8, 4) is 10.6 Å². The summed E-state index contributed by atoms with van der Waals surface area (Å²) in [5.74, 6) is -1.62. The van der Waals surface area contributed by atoms with E-state index < -0.39 is 11.6 Å². The summed E-state index contributed by atoms with van der Waals surface area (Å²) in [4.78, 5) is 18.4. The molecule has 1 aromatic carbocycles. The maximum absolute atomic E-state index is 13.8. The molecule has 1 fully saturated rings. The standard InChI is InChI=1S/C16H16F2N2O2S/c1-9-7-22-10(2)6-20(9)16(21)13-8-23-15(19-13)14-11(17)4-3-5-12(14)18/h3-5,8-10H,6-7H2,1-2H3. The number of amides is 1. The van der Waals surface area contributed by atoms with Gasteiger partial charge in [-0.1, -0.05) is 6.07 Å². The monoisotopic (exact) mass is 338 g/mol. The Labute approximate surface area is 136 Å². The Bertz CT molecular complexity index is 714. The normalized spacial score (nSPS) is 21.5. The number of rotatable bonds is 2. The van der Waals surface area contributed by atoms with Crippen molar-refractivity contribution in [1.29, 1.82) is 0 Å². The fourth-order valence-electron chi connectivity index (χ4n) is 2.52. The van der Waals surface area contributed by atoms with Crippen LogP contribution in [0, 0.1) is 11.6 Å². The molecule has 4 nitrogen and oxygen atoms in total. The Balaban J connectivity index is 1.88. The zero-order chi connectivity index (χ0) is 16.6. The zero-order valence-corrected chi connectivity index (χ0v) is 13.6. The summed E-state index contributed by atoms with van der Waals surface area (Å²) in [5.41, 5.74) is 0.00791. The molecule has 122 valence electrons. The molecule has 23 heavy (non-hydrogen) atoms. The maximum atomic E-state index is 13.8. The van der Waals surface area contributed by atoms with Gasteiger partial charge in [0.1, 0.15) is 22.3 Å². The lowest BCUT2D eigenvalue weighted by Crippen LogP contribution is -2.50. The van der Waals surface area contributed by atoms with Crippen LogP contribution in [0.2, 0.25) is 0 Å². The van der Waals surface area contributed by atoms with Gasteiger partial charge in [-0.15, -0.1) is 11.3 Å². The van der Waals surface area contributed by atoms with Crippen molar-refractivity contribution in [2.75, 3.05) is 13.2 Å². The topological polar surface area (TPSA) is 42.4 Å². The molecular formula is C16H16F2N2O2S. The number of carbonyl (C=O) groups excluding carboxylic acids is 1. The number of hydrogen-bond donors (Lipinski definition) is 0. The molecule has 2 aromatic rings. The molecule has 2 unspecified atom stereocenters. The van der Waals surface area contributed by atoms with Gasteiger partial charge in [-0.2, -0.15) is 0 Å². The van der Waals surface area contributed by atoms with Gasteiger partial charge in [0.05, 0.1) is 24.3 Å².